The first-order valence-corrected chi connectivity index (χ1v) is 11.4. The maximum absolute atomic E-state index is 13.5. The monoisotopic (exact) mass is 420 g/mol. The number of amides is 1. The number of ether oxygens (including phenoxy) is 1. The van der Waals surface area contributed by atoms with Gasteiger partial charge in [-0.25, -0.2) is 8.42 Å². The maximum Gasteiger partial charge on any atom is 0.225 e. The number of sulfone groups is 1. The van der Waals surface area contributed by atoms with Crippen LogP contribution in [0.25, 0.3) is 0 Å². The van der Waals surface area contributed by atoms with E-state index in [0.29, 0.717) is 37.4 Å². The second-order valence-electron chi connectivity index (χ2n) is 7.85. The van der Waals surface area contributed by atoms with Crippen LogP contribution in [0.3, 0.4) is 0 Å². The van der Waals surface area contributed by atoms with Gasteiger partial charge in [-0.2, -0.15) is 0 Å². The molecule has 1 N–H and O–H groups in total. The van der Waals surface area contributed by atoms with Gasteiger partial charge in [-0.1, -0.05) is 31.5 Å². The molecule has 7 heteroatoms. The SMILES string of the molecule is COCCCn1c(C)c(C)c(S(=O)(=O)c2ccc(C)cc2)c1NC(=O)CC(C)C. The van der Waals surface area contributed by atoms with Crippen LogP contribution in [0.15, 0.2) is 34.1 Å². The molecule has 0 saturated heterocycles. The minimum atomic E-state index is -3.79. The Labute approximate surface area is 174 Å². The first-order chi connectivity index (χ1) is 13.6. The molecule has 0 radical (unpaired) electrons. The number of hydrogen-bond acceptors (Lipinski definition) is 4. The van der Waals surface area contributed by atoms with Crippen molar-refractivity contribution in [1.29, 1.82) is 0 Å². The van der Waals surface area contributed by atoms with Crippen molar-refractivity contribution < 1.29 is 17.9 Å². The molecule has 2 rings (SSSR count). The van der Waals surface area contributed by atoms with Crippen LogP contribution in [0.1, 0.15) is 43.5 Å². The van der Waals surface area contributed by atoms with Gasteiger partial charge in [0.1, 0.15) is 10.7 Å². The van der Waals surface area contributed by atoms with Crippen molar-refractivity contribution in [3.8, 4) is 0 Å². The van der Waals surface area contributed by atoms with E-state index in [1.807, 2.05) is 32.3 Å². The molecule has 0 aliphatic heterocycles. The number of benzene rings is 1. The third kappa shape index (κ3) is 5.28. The molecule has 160 valence electrons. The number of hydrogen-bond donors (Lipinski definition) is 1. The van der Waals surface area contributed by atoms with E-state index in [4.69, 9.17) is 4.74 Å². The number of methoxy groups -OCH3 is 1. The Balaban J connectivity index is 2.61. The molecule has 0 atom stereocenters. The number of nitrogens with one attached hydrogen (secondary N) is 1. The number of aromatic nitrogens is 1. The molecule has 6 nitrogen and oxygen atoms in total. The predicted octanol–water partition coefficient (Wildman–Crippen LogP) is 4.27. The molecule has 0 spiro atoms. The number of rotatable bonds is 9. The lowest BCUT2D eigenvalue weighted by molar-refractivity contribution is -0.116. The van der Waals surface area contributed by atoms with Crippen molar-refractivity contribution in [2.24, 2.45) is 5.92 Å². The van der Waals surface area contributed by atoms with Crippen LogP contribution < -0.4 is 5.32 Å². The third-order valence-electron chi connectivity index (χ3n) is 4.95. The Kier molecular flexibility index (Phi) is 7.66. The Bertz CT molecular complexity index is 958. The van der Waals surface area contributed by atoms with Gasteiger partial charge in [0.15, 0.2) is 0 Å². The average Bonchev–Trinajstić information content (AvgIpc) is 2.86. The molecule has 0 fully saturated rings. The summed E-state index contributed by atoms with van der Waals surface area (Å²) in [6.45, 7) is 10.6. The number of aryl methyl sites for hydroxylation is 1. The van der Waals surface area contributed by atoms with Gasteiger partial charge in [-0.3, -0.25) is 4.79 Å². The molecule has 0 unspecified atom stereocenters. The zero-order chi connectivity index (χ0) is 21.8. The molecular formula is C22H32N2O4S. The molecule has 0 aliphatic rings. The van der Waals surface area contributed by atoms with E-state index in [1.165, 1.54) is 0 Å². The Morgan fingerprint density at radius 2 is 1.76 bits per heavy atom. The van der Waals surface area contributed by atoms with Crippen LogP contribution in [0.4, 0.5) is 5.82 Å². The van der Waals surface area contributed by atoms with E-state index >= 15 is 0 Å². The summed E-state index contributed by atoms with van der Waals surface area (Å²) in [4.78, 5) is 12.9. The summed E-state index contributed by atoms with van der Waals surface area (Å²) in [7, 11) is -2.16. The summed E-state index contributed by atoms with van der Waals surface area (Å²) < 4.78 is 34.0. The zero-order valence-corrected chi connectivity index (χ0v) is 19.0. The van der Waals surface area contributed by atoms with E-state index in [0.717, 1.165) is 11.3 Å². The molecule has 1 heterocycles. The fourth-order valence-electron chi connectivity index (χ4n) is 3.32. The standard InChI is InChI=1S/C22H32N2O4S/c1-15(2)14-20(25)23-22-21(17(4)18(5)24(22)12-7-13-28-6)29(26,27)19-10-8-16(3)9-11-19/h8-11,15H,7,12-14H2,1-6H3,(H,23,25). The average molecular weight is 421 g/mol. The van der Waals surface area contributed by atoms with Crippen LogP contribution in [0.5, 0.6) is 0 Å². The molecule has 0 aliphatic carbocycles. The van der Waals surface area contributed by atoms with Crippen LogP contribution in [0.2, 0.25) is 0 Å². The first-order valence-electron chi connectivity index (χ1n) is 9.89. The van der Waals surface area contributed by atoms with E-state index in [2.05, 4.69) is 5.32 Å². The van der Waals surface area contributed by atoms with E-state index < -0.39 is 9.84 Å². The van der Waals surface area contributed by atoms with E-state index in [1.54, 1.807) is 38.3 Å². The normalized spacial score (nSPS) is 11.8. The van der Waals surface area contributed by atoms with E-state index in [9.17, 15) is 13.2 Å². The molecule has 1 amide bonds. The first kappa shape index (κ1) is 23.2. The summed E-state index contributed by atoms with van der Waals surface area (Å²) in [5.74, 6) is 0.333. The van der Waals surface area contributed by atoms with Gasteiger partial charge < -0.3 is 14.6 Å². The number of carbonyl (C=O) groups excluding carboxylic acids is 1. The van der Waals surface area contributed by atoms with Gasteiger partial charge >= 0.3 is 0 Å². The Morgan fingerprint density at radius 1 is 1.14 bits per heavy atom. The van der Waals surface area contributed by atoms with Gasteiger partial charge in [0.25, 0.3) is 0 Å². The Morgan fingerprint density at radius 3 is 2.31 bits per heavy atom. The highest BCUT2D eigenvalue weighted by atomic mass is 32.2. The van der Waals surface area contributed by atoms with Crippen molar-refractivity contribution in [2.75, 3.05) is 19.0 Å². The van der Waals surface area contributed by atoms with Gasteiger partial charge in [0, 0.05) is 32.4 Å². The summed E-state index contributed by atoms with van der Waals surface area (Å²) in [6.07, 6.45) is 1.04. The smallest absolute Gasteiger partial charge is 0.225 e. The minimum Gasteiger partial charge on any atom is -0.385 e. The van der Waals surface area contributed by atoms with Crippen LogP contribution in [-0.2, 0) is 25.9 Å². The van der Waals surface area contributed by atoms with Crippen molar-refractivity contribution in [2.45, 2.75) is 63.8 Å². The van der Waals surface area contributed by atoms with Crippen molar-refractivity contribution in [3.05, 3.63) is 41.1 Å². The van der Waals surface area contributed by atoms with Crippen molar-refractivity contribution in [3.63, 3.8) is 0 Å². The summed E-state index contributed by atoms with van der Waals surface area (Å²) in [5, 5.41) is 2.89. The molecule has 1 aromatic heterocycles. The predicted molar refractivity (Wildman–Crippen MR) is 115 cm³/mol. The highest BCUT2D eigenvalue weighted by Crippen LogP contribution is 2.35. The van der Waals surface area contributed by atoms with Crippen LogP contribution >= 0.6 is 0 Å². The topological polar surface area (TPSA) is 77.4 Å². The van der Waals surface area contributed by atoms with Gasteiger partial charge in [0.05, 0.1) is 4.90 Å². The fourth-order valence-corrected chi connectivity index (χ4v) is 5.02. The van der Waals surface area contributed by atoms with Gasteiger partial charge in [-0.15, -0.1) is 0 Å². The lowest BCUT2D eigenvalue weighted by Gasteiger charge is -2.15. The van der Waals surface area contributed by atoms with Gasteiger partial charge in [-0.05, 0) is 50.8 Å². The van der Waals surface area contributed by atoms with Crippen LogP contribution in [0, 0.1) is 26.7 Å². The largest absolute Gasteiger partial charge is 0.385 e. The minimum absolute atomic E-state index is 0.172. The van der Waals surface area contributed by atoms with Crippen LogP contribution in [-0.4, -0.2) is 32.6 Å². The second-order valence-corrected chi connectivity index (χ2v) is 9.74. The van der Waals surface area contributed by atoms with Crippen molar-refractivity contribution in [1.82, 2.24) is 4.57 Å². The molecule has 0 saturated carbocycles. The number of nitrogens with zero attached hydrogens (tertiary/aromatic N) is 1. The molecular weight excluding hydrogens is 388 g/mol. The summed E-state index contributed by atoms with van der Waals surface area (Å²) in [5.41, 5.74) is 2.47. The lowest BCUT2D eigenvalue weighted by Crippen LogP contribution is -2.19. The highest BCUT2D eigenvalue weighted by molar-refractivity contribution is 7.91. The quantitative estimate of drug-likeness (QED) is 0.615. The van der Waals surface area contributed by atoms with Gasteiger partial charge in [0.2, 0.25) is 15.7 Å². The third-order valence-corrected chi connectivity index (χ3v) is 6.88. The second kappa shape index (κ2) is 9.59. The number of carbonyl (C=O) groups is 1. The zero-order valence-electron chi connectivity index (χ0n) is 18.2. The number of anilines is 1. The van der Waals surface area contributed by atoms with Crippen molar-refractivity contribution >= 4 is 21.6 Å². The molecule has 1 aromatic carbocycles. The Hall–Kier alpha value is -2.12. The fraction of sp³-hybridized carbons (Fsp3) is 0.500. The lowest BCUT2D eigenvalue weighted by atomic mass is 10.1. The highest BCUT2D eigenvalue weighted by Gasteiger charge is 2.30. The molecule has 29 heavy (non-hydrogen) atoms. The summed E-state index contributed by atoms with van der Waals surface area (Å²) in [6, 6.07) is 6.78. The molecule has 0 bridgehead atoms. The van der Waals surface area contributed by atoms with E-state index in [-0.39, 0.29) is 21.6 Å². The maximum atomic E-state index is 13.5. The summed E-state index contributed by atoms with van der Waals surface area (Å²) >= 11 is 0. The molecule has 2 aromatic rings.